The van der Waals surface area contributed by atoms with Crippen molar-refractivity contribution in [3.63, 3.8) is 0 Å². The van der Waals surface area contributed by atoms with Crippen LogP contribution in [0.2, 0.25) is 10.0 Å². The summed E-state index contributed by atoms with van der Waals surface area (Å²) in [5.41, 5.74) is 1.64. The maximum absolute atomic E-state index is 12.6. The average molecular weight is 482 g/mol. The van der Waals surface area contributed by atoms with Gasteiger partial charge in [-0.2, -0.15) is 0 Å². The van der Waals surface area contributed by atoms with Crippen LogP contribution in [-0.4, -0.2) is 38.0 Å². The SMILES string of the molecule is C[C@H](SC(=S)N1C[C@H]2C[C@@H](C1)c1cccc(=O)n1C2)C(=O)Nc1cc(Cl)ccc1Cl. The molecule has 158 valence electrons. The van der Waals surface area contributed by atoms with Crippen LogP contribution in [-0.2, 0) is 11.3 Å². The number of fused-ring (bicyclic) bond motifs is 4. The average Bonchev–Trinajstić information content (AvgIpc) is 2.71. The number of amides is 1. The number of carbonyl (C=O) groups is 1. The van der Waals surface area contributed by atoms with Crippen molar-refractivity contribution in [2.45, 2.75) is 31.1 Å². The molecular formula is C21H21Cl2N3O2S2. The molecule has 1 aromatic carbocycles. The minimum atomic E-state index is -0.385. The van der Waals surface area contributed by atoms with Crippen molar-refractivity contribution in [3.8, 4) is 0 Å². The number of hydrogen-bond donors (Lipinski definition) is 1. The third-order valence-electron chi connectivity index (χ3n) is 5.57. The Balaban J connectivity index is 1.40. The monoisotopic (exact) mass is 481 g/mol. The van der Waals surface area contributed by atoms with E-state index < -0.39 is 0 Å². The van der Waals surface area contributed by atoms with E-state index in [0.717, 1.165) is 31.7 Å². The molecule has 0 spiro atoms. The van der Waals surface area contributed by atoms with Gasteiger partial charge in [0.05, 0.1) is 16.0 Å². The number of thioether (sulfide) groups is 1. The zero-order chi connectivity index (χ0) is 21.4. The van der Waals surface area contributed by atoms with E-state index >= 15 is 0 Å². The second kappa shape index (κ2) is 8.91. The molecule has 2 aliphatic rings. The van der Waals surface area contributed by atoms with Gasteiger partial charge in [0.2, 0.25) is 5.91 Å². The van der Waals surface area contributed by atoms with Gasteiger partial charge in [0.1, 0.15) is 4.32 Å². The lowest BCUT2D eigenvalue weighted by Crippen LogP contribution is -2.48. The number of halogens is 2. The van der Waals surface area contributed by atoms with Gasteiger partial charge in [0.15, 0.2) is 0 Å². The van der Waals surface area contributed by atoms with E-state index in [1.54, 1.807) is 24.3 Å². The molecule has 0 saturated carbocycles. The smallest absolute Gasteiger partial charge is 0.250 e. The second-order valence-electron chi connectivity index (χ2n) is 7.74. The number of thiocarbonyl (C=S) groups is 1. The summed E-state index contributed by atoms with van der Waals surface area (Å²) >= 11 is 19.2. The summed E-state index contributed by atoms with van der Waals surface area (Å²) in [6.45, 7) is 4.11. The predicted molar refractivity (Wildman–Crippen MR) is 128 cm³/mol. The lowest BCUT2D eigenvalue weighted by molar-refractivity contribution is -0.115. The summed E-state index contributed by atoms with van der Waals surface area (Å²) < 4.78 is 2.60. The zero-order valence-corrected chi connectivity index (χ0v) is 19.5. The molecule has 30 heavy (non-hydrogen) atoms. The molecule has 0 aliphatic carbocycles. The van der Waals surface area contributed by atoms with Gasteiger partial charge in [-0.05, 0) is 43.5 Å². The number of pyridine rings is 1. The van der Waals surface area contributed by atoms with E-state index in [1.165, 1.54) is 11.8 Å². The fraction of sp³-hybridized carbons (Fsp3) is 0.381. The molecule has 1 aromatic heterocycles. The first-order valence-corrected chi connectivity index (χ1v) is 11.8. The molecule has 2 aromatic rings. The van der Waals surface area contributed by atoms with Crippen molar-refractivity contribution in [2.75, 3.05) is 18.4 Å². The highest BCUT2D eigenvalue weighted by Gasteiger charge is 2.35. The molecule has 0 radical (unpaired) electrons. The Labute approximate surface area is 194 Å². The quantitative estimate of drug-likeness (QED) is 0.648. The Morgan fingerprint density at radius 3 is 2.83 bits per heavy atom. The second-order valence-corrected chi connectivity index (χ2v) is 10.6. The van der Waals surface area contributed by atoms with Crippen LogP contribution in [0, 0.1) is 5.92 Å². The first kappa shape index (κ1) is 21.7. The summed E-state index contributed by atoms with van der Waals surface area (Å²) in [7, 11) is 0. The van der Waals surface area contributed by atoms with E-state index in [0.29, 0.717) is 26.0 Å². The molecule has 5 nitrogen and oxygen atoms in total. The minimum absolute atomic E-state index is 0.0672. The van der Waals surface area contributed by atoms with Crippen molar-refractivity contribution in [3.05, 3.63) is 62.5 Å². The Bertz CT molecular complexity index is 1060. The number of anilines is 1. The summed E-state index contributed by atoms with van der Waals surface area (Å²) in [4.78, 5) is 27.0. The first-order chi connectivity index (χ1) is 14.3. The van der Waals surface area contributed by atoms with E-state index in [9.17, 15) is 9.59 Å². The van der Waals surface area contributed by atoms with Crippen LogP contribution in [0.3, 0.4) is 0 Å². The number of likely N-dealkylation sites (tertiary alicyclic amines) is 1. The largest absolute Gasteiger partial charge is 0.356 e. The van der Waals surface area contributed by atoms with Crippen LogP contribution < -0.4 is 10.9 Å². The molecule has 1 N–H and O–H groups in total. The topological polar surface area (TPSA) is 54.3 Å². The summed E-state index contributed by atoms with van der Waals surface area (Å²) in [5.74, 6) is 0.476. The molecule has 9 heteroatoms. The van der Waals surface area contributed by atoms with Gasteiger partial charge in [-0.15, -0.1) is 0 Å². The highest BCUT2D eigenvalue weighted by molar-refractivity contribution is 8.23. The third-order valence-corrected chi connectivity index (χ3v) is 7.71. The van der Waals surface area contributed by atoms with Crippen molar-refractivity contribution in [1.82, 2.24) is 9.47 Å². The van der Waals surface area contributed by atoms with Gasteiger partial charge in [0.25, 0.3) is 5.56 Å². The van der Waals surface area contributed by atoms with Gasteiger partial charge in [-0.25, -0.2) is 0 Å². The fourth-order valence-corrected chi connectivity index (χ4v) is 5.84. The number of aromatic nitrogens is 1. The molecule has 2 aliphatic heterocycles. The number of carbonyl (C=O) groups excluding carboxylic acids is 1. The molecule has 2 bridgehead atoms. The molecule has 3 heterocycles. The number of rotatable bonds is 3. The van der Waals surface area contributed by atoms with E-state index in [-0.39, 0.29) is 22.6 Å². The third kappa shape index (κ3) is 4.54. The minimum Gasteiger partial charge on any atom is -0.356 e. The van der Waals surface area contributed by atoms with Gasteiger partial charge < -0.3 is 14.8 Å². The van der Waals surface area contributed by atoms with Crippen molar-refractivity contribution >= 4 is 63.1 Å². The maximum Gasteiger partial charge on any atom is 0.250 e. The standard InChI is InChI=1S/C21H21Cl2N3O2S2/c1-12(20(28)24-17-8-15(22)5-6-16(17)23)30-21(29)25-9-13-7-14(11-25)18-3-2-4-19(27)26(18)10-13/h2-6,8,12-14H,7,9-11H2,1H3,(H,24,28)/t12-,13+,14-/m0/s1. The van der Waals surface area contributed by atoms with Crippen LogP contribution >= 0.6 is 47.2 Å². The van der Waals surface area contributed by atoms with Crippen LogP contribution in [0.25, 0.3) is 0 Å². The Morgan fingerprint density at radius 1 is 1.23 bits per heavy atom. The van der Waals surface area contributed by atoms with Gasteiger partial charge >= 0.3 is 0 Å². The summed E-state index contributed by atoms with van der Waals surface area (Å²) in [6.07, 6.45) is 1.07. The van der Waals surface area contributed by atoms with E-state index in [1.807, 2.05) is 23.6 Å². The maximum atomic E-state index is 12.6. The zero-order valence-electron chi connectivity index (χ0n) is 16.3. The van der Waals surface area contributed by atoms with E-state index in [4.69, 9.17) is 35.4 Å². The normalized spacial score (nSPS) is 21.0. The summed E-state index contributed by atoms with van der Waals surface area (Å²) in [5, 5.41) is 3.38. The van der Waals surface area contributed by atoms with Gasteiger partial charge in [-0.1, -0.05) is 53.2 Å². The number of piperidine rings is 1. The molecular weight excluding hydrogens is 461 g/mol. The lowest BCUT2D eigenvalue weighted by atomic mass is 9.83. The van der Waals surface area contributed by atoms with Gasteiger partial charge in [-0.3, -0.25) is 9.59 Å². The number of nitrogens with one attached hydrogen (secondary N) is 1. The van der Waals surface area contributed by atoms with Crippen LogP contribution in [0.15, 0.2) is 41.2 Å². The van der Waals surface area contributed by atoms with E-state index in [2.05, 4.69) is 10.2 Å². The first-order valence-electron chi connectivity index (χ1n) is 9.73. The number of hydrogen-bond acceptors (Lipinski definition) is 4. The lowest BCUT2D eigenvalue weighted by Gasteiger charge is -2.43. The predicted octanol–water partition coefficient (Wildman–Crippen LogP) is 4.62. The highest BCUT2D eigenvalue weighted by Crippen LogP contribution is 2.36. The van der Waals surface area contributed by atoms with Crippen molar-refractivity contribution < 1.29 is 4.79 Å². The molecule has 1 fully saturated rings. The van der Waals surface area contributed by atoms with Gasteiger partial charge in [0, 0.05) is 42.3 Å². The molecule has 0 unspecified atom stereocenters. The van der Waals surface area contributed by atoms with Crippen LogP contribution in [0.4, 0.5) is 5.69 Å². The molecule has 4 rings (SSSR count). The number of benzene rings is 1. The highest BCUT2D eigenvalue weighted by atomic mass is 35.5. The van der Waals surface area contributed by atoms with Crippen molar-refractivity contribution in [2.24, 2.45) is 5.92 Å². The Kier molecular flexibility index (Phi) is 6.44. The summed E-state index contributed by atoms with van der Waals surface area (Å²) in [6, 6.07) is 10.4. The fourth-order valence-electron chi connectivity index (χ4n) is 4.15. The molecule has 1 saturated heterocycles. The number of nitrogens with zero attached hydrogens (tertiary/aromatic N) is 2. The Hall–Kier alpha value is -1.54. The van der Waals surface area contributed by atoms with Crippen LogP contribution in [0.5, 0.6) is 0 Å². The van der Waals surface area contributed by atoms with Crippen molar-refractivity contribution in [1.29, 1.82) is 0 Å². The Morgan fingerprint density at radius 2 is 2.03 bits per heavy atom. The molecule has 3 atom stereocenters. The van der Waals surface area contributed by atoms with Crippen LogP contribution in [0.1, 0.15) is 25.0 Å². The molecule has 1 amide bonds.